The maximum Gasteiger partial charge on any atom is 0.254 e. The molecule has 31 heavy (non-hydrogen) atoms. The van der Waals surface area contributed by atoms with Crippen LogP contribution < -0.4 is 11.1 Å². The Morgan fingerprint density at radius 2 is 1.94 bits per heavy atom. The first kappa shape index (κ1) is 21.0. The molecule has 0 unspecified atom stereocenters. The summed E-state index contributed by atoms with van der Waals surface area (Å²) in [5.74, 6) is -1.01. The van der Waals surface area contributed by atoms with Crippen LogP contribution in [0, 0.1) is 5.82 Å². The Balaban J connectivity index is 1.64. The van der Waals surface area contributed by atoms with Gasteiger partial charge in [-0.25, -0.2) is 17.8 Å². The number of rotatable bonds is 5. The third-order valence-electron chi connectivity index (χ3n) is 5.49. The van der Waals surface area contributed by atoms with E-state index in [1.807, 2.05) is 30.3 Å². The number of pyridine rings is 1. The highest BCUT2D eigenvalue weighted by Crippen LogP contribution is 2.41. The number of carbonyl (C=O) groups is 1. The summed E-state index contributed by atoms with van der Waals surface area (Å²) in [6.45, 7) is 0.278. The molecule has 2 aromatic carbocycles. The van der Waals surface area contributed by atoms with Gasteiger partial charge in [0, 0.05) is 18.3 Å². The lowest BCUT2D eigenvalue weighted by molar-refractivity contribution is 0.0947. The fourth-order valence-electron chi connectivity index (χ4n) is 3.95. The van der Waals surface area contributed by atoms with Crippen LogP contribution in [0.15, 0.2) is 60.8 Å². The Morgan fingerprint density at radius 3 is 2.61 bits per heavy atom. The molecule has 2 heterocycles. The minimum atomic E-state index is -3.29. The van der Waals surface area contributed by atoms with Crippen molar-refractivity contribution in [1.82, 2.24) is 10.3 Å². The highest BCUT2D eigenvalue weighted by atomic mass is 32.2. The summed E-state index contributed by atoms with van der Waals surface area (Å²) in [7, 11) is -3.29. The molecule has 1 fully saturated rings. The topological polar surface area (TPSA) is 102 Å². The molecule has 1 atom stereocenters. The second-order valence-electron chi connectivity index (χ2n) is 7.52. The maximum absolute atomic E-state index is 14.9. The number of hydrogen-bond acceptors (Lipinski definition) is 5. The lowest BCUT2D eigenvalue weighted by Crippen LogP contribution is -2.23. The smallest absolute Gasteiger partial charge is 0.254 e. The molecule has 0 saturated carbocycles. The Kier molecular flexibility index (Phi) is 5.73. The number of sulfone groups is 1. The van der Waals surface area contributed by atoms with Crippen molar-refractivity contribution in [2.75, 3.05) is 11.5 Å². The number of anilines is 1. The minimum Gasteiger partial charge on any atom is -0.383 e. The predicted octanol–water partition coefficient (Wildman–Crippen LogP) is 3.65. The lowest BCUT2D eigenvalue weighted by atomic mass is 9.96. The predicted molar refractivity (Wildman–Crippen MR) is 117 cm³/mol. The van der Waals surface area contributed by atoms with E-state index in [0.717, 1.165) is 5.56 Å². The molecule has 0 bridgehead atoms. The van der Waals surface area contributed by atoms with Crippen LogP contribution in [0.4, 0.5) is 10.2 Å². The van der Waals surface area contributed by atoms with Gasteiger partial charge in [0.05, 0.1) is 16.6 Å². The Labute approximate surface area is 180 Å². The summed E-state index contributed by atoms with van der Waals surface area (Å²) in [5, 5.41) is 2.01. The van der Waals surface area contributed by atoms with Gasteiger partial charge in [-0.1, -0.05) is 36.4 Å². The van der Waals surface area contributed by atoms with E-state index in [4.69, 9.17) is 5.73 Å². The number of hydrogen-bond donors (Lipinski definition) is 2. The monoisotopic (exact) mass is 439 g/mol. The summed E-state index contributed by atoms with van der Waals surface area (Å²) < 4.78 is 39.8. The molecule has 0 spiro atoms. The zero-order chi connectivity index (χ0) is 22.0. The number of nitrogens with zero attached hydrogens (tertiary/aromatic N) is 1. The molecule has 160 valence electrons. The maximum atomic E-state index is 14.9. The van der Waals surface area contributed by atoms with Crippen LogP contribution in [-0.2, 0) is 16.4 Å². The van der Waals surface area contributed by atoms with E-state index in [1.165, 1.54) is 18.3 Å². The number of amides is 1. The van der Waals surface area contributed by atoms with E-state index in [-0.39, 0.29) is 23.7 Å². The SMILES string of the molecule is Nc1nccc([C@@H]2CCCS2(=O)=O)c1-c1ccc(C(=O)NCc2ccccc2)c(F)c1. The van der Waals surface area contributed by atoms with Gasteiger partial charge in [-0.15, -0.1) is 0 Å². The molecule has 3 aromatic rings. The first-order chi connectivity index (χ1) is 14.9. The van der Waals surface area contributed by atoms with Crippen molar-refractivity contribution in [2.45, 2.75) is 24.6 Å². The molecular weight excluding hydrogens is 417 g/mol. The fourth-order valence-corrected chi connectivity index (χ4v) is 5.91. The van der Waals surface area contributed by atoms with Crippen molar-refractivity contribution < 1.29 is 17.6 Å². The van der Waals surface area contributed by atoms with Gasteiger partial charge in [-0.3, -0.25) is 4.79 Å². The zero-order valence-electron chi connectivity index (χ0n) is 16.7. The van der Waals surface area contributed by atoms with Crippen LogP contribution in [0.3, 0.4) is 0 Å². The average molecular weight is 440 g/mol. The normalized spacial score (nSPS) is 17.4. The number of aromatic nitrogens is 1. The Hall–Kier alpha value is -3.26. The molecule has 4 rings (SSSR count). The van der Waals surface area contributed by atoms with Crippen LogP contribution in [0.5, 0.6) is 0 Å². The number of carbonyl (C=O) groups excluding carboxylic acids is 1. The largest absolute Gasteiger partial charge is 0.383 e. The van der Waals surface area contributed by atoms with Gasteiger partial charge in [-0.2, -0.15) is 0 Å². The summed E-state index contributed by atoms with van der Waals surface area (Å²) in [4.78, 5) is 16.5. The van der Waals surface area contributed by atoms with E-state index >= 15 is 0 Å². The number of nitrogen functional groups attached to an aromatic ring is 1. The van der Waals surface area contributed by atoms with E-state index in [9.17, 15) is 17.6 Å². The fraction of sp³-hybridized carbons (Fsp3) is 0.217. The highest BCUT2D eigenvalue weighted by molar-refractivity contribution is 7.91. The molecule has 1 aromatic heterocycles. The van der Waals surface area contributed by atoms with Gasteiger partial charge in [0.25, 0.3) is 5.91 Å². The van der Waals surface area contributed by atoms with Crippen molar-refractivity contribution in [3.8, 4) is 11.1 Å². The van der Waals surface area contributed by atoms with Crippen molar-refractivity contribution in [3.63, 3.8) is 0 Å². The molecule has 3 N–H and O–H groups in total. The van der Waals surface area contributed by atoms with Crippen LogP contribution in [0.25, 0.3) is 11.1 Å². The van der Waals surface area contributed by atoms with Gasteiger partial charge in [0.1, 0.15) is 11.6 Å². The molecule has 6 nitrogen and oxygen atoms in total. The average Bonchev–Trinajstić information content (AvgIpc) is 3.11. The van der Waals surface area contributed by atoms with Gasteiger partial charge in [0.2, 0.25) is 0 Å². The highest BCUT2D eigenvalue weighted by Gasteiger charge is 2.35. The molecule has 1 saturated heterocycles. The first-order valence-corrected chi connectivity index (χ1v) is 11.7. The van der Waals surface area contributed by atoms with Gasteiger partial charge in [-0.05, 0) is 47.7 Å². The third kappa shape index (κ3) is 4.29. The van der Waals surface area contributed by atoms with Crippen LogP contribution >= 0.6 is 0 Å². The number of halogens is 1. The molecular formula is C23H22FN3O3S. The van der Waals surface area contributed by atoms with Crippen molar-refractivity contribution >= 4 is 21.6 Å². The Bertz CT molecular complexity index is 1230. The number of benzene rings is 2. The van der Waals surface area contributed by atoms with E-state index in [0.29, 0.717) is 29.5 Å². The molecule has 1 aliphatic heterocycles. The van der Waals surface area contributed by atoms with Crippen LogP contribution in [0.2, 0.25) is 0 Å². The molecule has 1 amide bonds. The minimum absolute atomic E-state index is 0.0998. The first-order valence-electron chi connectivity index (χ1n) is 9.95. The van der Waals surface area contributed by atoms with E-state index in [2.05, 4.69) is 10.3 Å². The summed E-state index contributed by atoms with van der Waals surface area (Å²) in [5.41, 5.74) is 8.17. The Morgan fingerprint density at radius 1 is 1.16 bits per heavy atom. The number of nitrogens with one attached hydrogen (secondary N) is 1. The standard InChI is InChI=1S/C23H22FN3O3S/c24-19-13-16(8-9-17(19)23(28)27-14-15-5-2-1-3-6-15)21-18(10-11-26-22(21)25)20-7-4-12-31(20,29)30/h1-3,5-6,8-11,13,20H,4,7,12,14H2,(H2,25,26)(H,27,28)/t20-/m0/s1. The lowest BCUT2D eigenvalue weighted by Gasteiger charge is -2.17. The summed E-state index contributed by atoms with van der Waals surface area (Å²) >= 11 is 0. The van der Waals surface area contributed by atoms with Crippen LogP contribution in [-0.4, -0.2) is 25.1 Å². The number of nitrogens with two attached hydrogens (primary N) is 1. The summed E-state index contributed by atoms with van der Waals surface area (Å²) in [6.07, 6.45) is 2.52. The molecule has 8 heteroatoms. The van der Waals surface area contributed by atoms with Gasteiger partial charge < -0.3 is 11.1 Å². The van der Waals surface area contributed by atoms with Crippen molar-refractivity contribution in [3.05, 3.63) is 83.3 Å². The van der Waals surface area contributed by atoms with E-state index < -0.39 is 26.8 Å². The van der Waals surface area contributed by atoms with Gasteiger partial charge >= 0.3 is 0 Å². The second kappa shape index (κ2) is 8.47. The van der Waals surface area contributed by atoms with Crippen LogP contribution in [0.1, 0.15) is 39.6 Å². The van der Waals surface area contributed by atoms with E-state index in [1.54, 1.807) is 12.1 Å². The summed E-state index contributed by atoms with van der Waals surface area (Å²) in [6, 6.07) is 15.1. The van der Waals surface area contributed by atoms with Gasteiger partial charge in [0.15, 0.2) is 9.84 Å². The third-order valence-corrected chi connectivity index (χ3v) is 7.70. The molecule has 0 radical (unpaired) electrons. The zero-order valence-corrected chi connectivity index (χ0v) is 17.5. The molecule has 0 aliphatic carbocycles. The second-order valence-corrected chi connectivity index (χ2v) is 9.82. The quantitative estimate of drug-likeness (QED) is 0.632. The molecule has 1 aliphatic rings. The van der Waals surface area contributed by atoms with Crippen molar-refractivity contribution in [1.29, 1.82) is 0 Å². The van der Waals surface area contributed by atoms with Crippen molar-refractivity contribution in [2.24, 2.45) is 0 Å².